The van der Waals surface area contributed by atoms with E-state index < -0.39 is 0 Å². The van der Waals surface area contributed by atoms with Crippen molar-refractivity contribution in [3.8, 4) is 56.7 Å². The largest absolute Gasteiger partial charge is 0.435 e. The zero-order valence-corrected chi connectivity index (χ0v) is 22.9. The molecule has 0 radical (unpaired) electrons. The van der Waals surface area contributed by atoms with Gasteiger partial charge >= 0.3 is 0 Å². The number of aromatic nitrogens is 5. The molecule has 8 aromatic rings. The van der Waals surface area contributed by atoms with Gasteiger partial charge in [-0.05, 0) is 24.3 Å². The minimum Gasteiger partial charge on any atom is -0.435 e. The van der Waals surface area contributed by atoms with Crippen LogP contribution in [0.2, 0.25) is 0 Å². The van der Waals surface area contributed by atoms with Gasteiger partial charge in [-0.1, -0.05) is 109 Å². The molecule has 0 aliphatic heterocycles. The van der Waals surface area contributed by atoms with E-state index in [1.165, 1.54) is 0 Å². The molecule has 6 nitrogen and oxygen atoms in total. The van der Waals surface area contributed by atoms with Gasteiger partial charge in [-0.15, -0.1) is 0 Å². The van der Waals surface area contributed by atoms with Crippen LogP contribution in [0.4, 0.5) is 0 Å². The Labute approximate surface area is 247 Å². The van der Waals surface area contributed by atoms with Crippen LogP contribution >= 0.6 is 0 Å². The molecule has 3 heterocycles. The van der Waals surface area contributed by atoms with Crippen molar-refractivity contribution >= 4 is 22.0 Å². The van der Waals surface area contributed by atoms with Crippen molar-refractivity contribution in [1.82, 2.24) is 24.9 Å². The van der Waals surface area contributed by atoms with E-state index in [9.17, 15) is 0 Å². The van der Waals surface area contributed by atoms with E-state index in [1.807, 2.05) is 115 Å². The lowest BCUT2D eigenvalue weighted by Crippen LogP contribution is -2.00. The SMILES string of the molecule is c1ccc(-c2nc(-c3ccccc3)nc(-c3ccc(-c4cccc5cccnc45)c4nc(-c5ccccc5)oc34)n2)cc1. The average molecular weight is 554 g/mol. The summed E-state index contributed by atoms with van der Waals surface area (Å²) in [5.41, 5.74) is 7.56. The molecule has 0 fully saturated rings. The molecule has 3 aromatic heterocycles. The maximum atomic E-state index is 6.57. The van der Waals surface area contributed by atoms with Crippen LogP contribution in [0.25, 0.3) is 78.7 Å². The van der Waals surface area contributed by atoms with Gasteiger partial charge in [-0.2, -0.15) is 0 Å². The van der Waals surface area contributed by atoms with Crippen LogP contribution in [-0.2, 0) is 0 Å². The predicted octanol–water partition coefficient (Wildman–Crippen LogP) is 8.90. The standard InChI is InChI=1S/C37H23N5O/c1-4-12-25(13-5-1)34-40-35(26-14-6-2-7-15-26)42-36(41-34)30-22-21-29(28-20-10-18-24-19-11-23-38-31(24)28)32-33(30)43-37(39-32)27-16-8-3-9-17-27/h1-23H. The maximum absolute atomic E-state index is 6.57. The fraction of sp³-hybridized carbons (Fsp3) is 0. The number of oxazole rings is 1. The third-order valence-electron chi connectivity index (χ3n) is 7.43. The lowest BCUT2D eigenvalue weighted by molar-refractivity contribution is 0.620. The first-order valence-electron chi connectivity index (χ1n) is 14.0. The van der Waals surface area contributed by atoms with Gasteiger partial charge in [0, 0.05) is 39.4 Å². The van der Waals surface area contributed by atoms with E-state index in [1.54, 1.807) is 0 Å². The first-order valence-corrected chi connectivity index (χ1v) is 14.0. The lowest BCUT2D eigenvalue weighted by Gasteiger charge is -2.10. The summed E-state index contributed by atoms with van der Waals surface area (Å²) in [7, 11) is 0. The Morgan fingerprint density at radius 2 is 0.953 bits per heavy atom. The average Bonchev–Trinajstić information content (AvgIpc) is 3.54. The first-order chi connectivity index (χ1) is 21.3. The molecule has 0 bridgehead atoms. The fourth-order valence-electron chi connectivity index (χ4n) is 5.35. The normalized spacial score (nSPS) is 11.3. The number of fused-ring (bicyclic) bond motifs is 2. The molecule has 8 rings (SSSR count). The highest BCUT2D eigenvalue weighted by atomic mass is 16.3. The molecular formula is C37H23N5O. The topological polar surface area (TPSA) is 77.6 Å². The van der Waals surface area contributed by atoms with Gasteiger partial charge < -0.3 is 4.42 Å². The molecule has 0 saturated heterocycles. The quantitative estimate of drug-likeness (QED) is 0.212. The summed E-state index contributed by atoms with van der Waals surface area (Å²) in [5.74, 6) is 2.21. The van der Waals surface area contributed by atoms with Crippen LogP contribution in [0.15, 0.2) is 144 Å². The highest BCUT2D eigenvalue weighted by Crippen LogP contribution is 2.39. The van der Waals surface area contributed by atoms with Crippen LogP contribution < -0.4 is 0 Å². The Morgan fingerprint density at radius 3 is 1.63 bits per heavy atom. The first kappa shape index (κ1) is 24.8. The van der Waals surface area contributed by atoms with Crippen LogP contribution in [-0.4, -0.2) is 24.9 Å². The molecular weight excluding hydrogens is 530 g/mol. The molecule has 6 heteroatoms. The molecule has 43 heavy (non-hydrogen) atoms. The highest BCUT2D eigenvalue weighted by Gasteiger charge is 2.22. The Morgan fingerprint density at radius 1 is 0.395 bits per heavy atom. The molecule has 202 valence electrons. The van der Waals surface area contributed by atoms with Gasteiger partial charge in [0.05, 0.1) is 11.1 Å². The third kappa shape index (κ3) is 4.51. The summed E-state index contributed by atoms with van der Waals surface area (Å²) in [4.78, 5) is 24.5. The summed E-state index contributed by atoms with van der Waals surface area (Å²) >= 11 is 0. The van der Waals surface area contributed by atoms with Crippen molar-refractivity contribution in [3.63, 3.8) is 0 Å². The van der Waals surface area contributed by atoms with Crippen LogP contribution in [0, 0.1) is 0 Å². The molecule has 0 amide bonds. The summed E-state index contributed by atoms with van der Waals surface area (Å²) < 4.78 is 6.57. The van der Waals surface area contributed by atoms with E-state index in [0.29, 0.717) is 28.9 Å². The van der Waals surface area contributed by atoms with Crippen molar-refractivity contribution in [2.24, 2.45) is 0 Å². The monoisotopic (exact) mass is 553 g/mol. The predicted molar refractivity (Wildman–Crippen MR) is 170 cm³/mol. The van der Waals surface area contributed by atoms with E-state index in [4.69, 9.17) is 29.3 Å². The molecule has 0 aliphatic carbocycles. The van der Waals surface area contributed by atoms with Crippen molar-refractivity contribution in [2.75, 3.05) is 0 Å². The van der Waals surface area contributed by atoms with Gasteiger partial charge in [0.2, 0.25) is 5.89 Å². The fourth-order valence-corrected chi connectivity index (χ4v) is 5.35. The van der Waals surface area contributed by atoms with Gasteiger partial charge in [-0.3, -0.25) is 4.98 Å². The zero-order valence-electron chi connectivity index (χ0n) is 22.9. The molecule has 0 N–H and O–H groups in total. The Bertz CT molecular complexity index is 2170. The van der Waals surface area contributed by atoms with Gasteiger partial charge in [-0.25, -0.2) is 19.9 Å². The Hall–Kier alpha value is -6.01. The summed E-state index contributed by atoms with van der Waals surface area (Å²) in [6.07, 6.45) is 1.82. The van der Waals surface area contributed by atoms with Crippen molar-refractivity contribution < 1.29 is 4.42 Å². The number of pyridine rings is 1. The highest BCUT2D eigenvalue weighted by molar-refractivity contribution is 6.05. The van der Waals surface area contributed by atoms with Crippen LogP contribution in [0.1, 0.15) is 0 Å². The Kier molecular flexibility index (Phi) is 6.01. The van der Waals surface area contributed by atoms with Crippen LogP contribution in [0.3, 0.4) is 0 Å². The number of hydrogen-bond acceptors (Lipinski definition) is 6. The molecule has 0 unspecified atom stereocenters. The van der Waals surface area contributed by atoms with Crippen molar-refractivity contribution in [3.05, 3.63) is 140 Å². The molecule has 0 aliphatic rings. The van der Waals surface area contributed by atoms with E-state index in [0.717, 1.165) is 49.8 Å². The minimum absolute atomic E-state index is 0.510. The molecule has 0 saturated carbocycles. The van der Waals surface area contributed by atoms with Gasteiger partial charge in [0.25, 0.3) is 0 Å². The summed E-state index contributed by atoms with van der Waals surface area (Å²) in [6.45, 7) is 0. The van der Waals surface area contributed by atoms with Gasteiger partial charge in [0.1, 0.15) is 5.52 Å². The molecule has 5 aromatic carbocycles. The number of benzene rings is 5. The molecule has 0 spiro atoms. The summed E-state index contributed by atoms with van der Waals surface area (Å²) in [6, 6.07) is 44.1. The summed E-state index contributed by atoms with van der Waals surface area (Å²) in [5, 5.41) is 1.06. The second kappa shape index (κ2) is 10.4. The second-order valence-electron chi connectivity index (χ2n) is 10.1. The Balaban J connectivity index is 1.40. The van der Waals surface area contributed by atoms with E-state index in [2.05, 4.69) is 24.3 Å². The van der Waals surface area contributed by atoms with Gasteiger partial charge in [0.15, 0.2) is 23.1 Å². The van der Waals surface area contributed by atoms with Crippen LogP contribution in [0.5, 0.6) is 0 Å². The smallest absolute Gasteiger partial charge is 0.227 e. The number of rotatable bonds is 5. The maximum Gasteiger partial charge on any atom is 0.227 e. The number of para-hydroxylation sites is 1. The number of nitrogens with zero attached hydrogens (tertiary/aromatic N) is 5. The molecule has 0 atom stereocenters. The van der Waals surface area contributed by atoms with E-state index >= 15 is 0 Å². The van der Waals surface area contributed by atoms with Crippen molar-refractivity contribution in [2.45, 2.75) is 0 Å². The number of hydrogen-bond donors (Lipinski definition) is 0. The minimum atomic E-state index is 0.510. The zero-order chi connectivity index (χ0) is 28.6. The third-order valence-corrected chi connectivity index (χ3v) is 7.43. The van der Waals surface area contributed by atoms with E-state index in [-0.39, 0.29) is 0 Å². The lowest BCUT2D eigenvalue weighted by atomic mass is 9.99. The second-order valence-corrected chi connectivity index (χ2v) is 10.1. The van der Waals surface area contributed by atoms with Crippen molar-refractivity contribution in [1.29, 1.82) is 0 Å².